The second-order valence-corrected chi connectivity index (χ2v) is 8.67. The van der Waals surface area contributed by atoms with Crippen molar-refractivity contribution in [2.24, 2.45) is 4.99 Å². The highest BCUT2D eigenvalue weighted by Crippen LogP contribution is 2.33. The van der Waals surface area contributed by atoms with Crippen molar-refractivity contribution in [2.45, 2.75) is 92.7 Å². The third-order valence-corrected chi connectivity index (χ3v) is 5.57. The minimum Gasteiger partial charge on any atom is -0.381 e. The van der Waals surface area contributed by atoms with E-state index in [2.05, 4.69) is 82.4 Å². The number of ether oxygens (including phenoxy) is 2. The molecule has 4 nitrogen and oxygen atoms in total. The summed E-state index contributed by atoms with van der Waals surface area (Å²) in [6, 6.07) is 6.52. The largest absolute Gasteiger partial charge is 0.381 e. The molecular weight excluding hydrogens is 420 g/mol. The molecule has 0 saturated carbocycles. The molecule has 0 N–H and O–H groups in total. The van der Waals surface area contributed by atoms with E-state index in [1.165, 1.54) is 24.8 Å². The van der Waals surface area contributed by atoms with Gasteiger partial charge < -0.3 is 14.4 Å². The van der Waals surface area contributed by atoms with Crippen LogP contribution in [0.2, 0.25) is 0 Å². The Morgan fingerprint density at radius 2 is 1.76 bits per heavy atom. The maximum atomic E-state index is 5.95. The zero-order valence-corrected chi connectivity index (χ0v) is 23.5. The first kappa shape index (κ1) is 32.1. The number of nitrogens with zero attached hydrogens (tertiary/aromatic N) is 2. The number of anilines is 1. The van der Waals surface area contributed by atoms with Gasteiger partial charge in [-0.25, -0.2) is 0 Å². The molecular formula is C30H52N2O2. The van der Waals surface area contributed by atoms with Gasteiger partial charge in [0.1, 0.15) is 6.23 Å². The predicted molar refractivity (Wildman–Crippen MR) is 152 cm³/mol. The fourth-order valence-electron chi connectivity index (χ4n) is 3.40. The van der Waals surface area contributed by atoms with Crippen molar-refractivity contribution < 1.29 is 9.47 Å². The second kappa shape index (κ2) is 20.5. The topological polar surface area (TPSA) is 34.1 Å². The summed E-state index contributed by atoms with van der Waals surface area (Å²) in [7, 11) is 3.90. The zero-order valence-electron chi connectivity index (χ0n) is 23.5. The molecule has 0 spiro atoms. The Kier molecular flexibility index (Phi) is 19.3. The summed E-state index contributed by atoms with van der Waals surface area (Å²) in [6.45, 7) is 19.7. The van der Waals surface area contributed by atoms with E-state index in [1.54, 1.807) is 7.05 Å². The van der Waals surface area contributed by atoms with Crippen LogP contribution in [0.4, 0.5) is 5.69 Å². The van der Waals surface area contributed by atoms with E-state index in [9.17, 15) is 0 Å². The van der Waals surface area contributed by atoms with Crippen LogP contribution in [-0.4, -0.2) is 46.4 Å². The third kappa shape index (κ3) is 12.5. The average molecular weight is 473 g/mol. The molecule has 1 aromatic carbocycles. The number of hydrogen-bond donors (Lipinski definition) is 0. The molecule has 34 heavy (non-hydrogen) atoms. The van der Waals surface area contributed by atoms with Crippen LogP contribution in [-0.2, 0) is 9.47 Å². The lowest BCUT2D eigenvalue weighted by atomic mass is 9.96. The highest BCUT2D eigenvalue weighted by atomic mass is 16.5. The Labute approximate surface area is 211 Å². The third-order valence-electron chi connectivity index (χ3n) is 5.57. The molecule has 4 heteroatoms. The Morgan fingerprint density at radius 1 is 1.12 bits per heavy atom. The number of hydrogen-bond acceptors (Lipinski definition) is 4. The van der Waals surface area contributed by atoms with Gasteiger partial charge in [0, 0.05) is 51.4 Å². The summed E-state index contributed by atoms with van der Waals surface area (Å²) >= 11 is 0. The van der Waals surface area contributed by atoms with Gasteiger partial charge >= 0.3 is 0 Å². The van der Waals surface area contributed by atoms with Crippen molar-refractivity contribution in [2.75, 3.05) is 38.8 Å². The van der Waals surface area contributed by atoms with Crippen molar-refractivity contribution in [3.63, 3.8) is 0 Å². The minimum atomic E-state index is 0.145. The molecule has 1 saturated heterocycles. The van der Waals surface area contributed by atoms with E-state index < -0.39 is 0 Å². The maximum Gasteiger partial charge on any atom is 0.129 e. The number of rotatable bonds is 10. The van der Waals surface area contributed by atoms with Gasteiger partial charge in [-0.3, -0.25) is 4.99 Å². The van der Waals surface area contributed by atoms with Gasteiger partial charge in [-0.05, 0) is 69.2 Å². The van der Waals surface area contributed by atoms with Crippen molar-refractivity contribution in [1.29, 1.82) is 0 Å². The molecule has 1 atom stereocenters. The Morgan fingerprint density at radius 3 is 2.24 bits per heavy atom. The first-order valence-corrected chi connectivity index (χ1v) is 13.2. The molecule has 0 aromatic heterocycles. The van der Waals surface area contributed by atoms with E-state index in [1.807, 2.05) is 13.1 Å². The van der Waals surface area contributed by atoms with E-state index in [0.717, 1.165) is 67.9 Å². The summed E-state index contributed by atoms with van der Waals surface area (Å²) in [4.78, 5) is 6.39. The molecule has 0 aliphatic carbocycles. The van der Waals surface area contributed by atoms with Gasteiger partial charge in [-0.15, -0.1) is 0 Å². The van der Waals surface area contributed by atoms with Crippen LogP contribution in [0.5, 0.6) is 0 Å². The van der Waals surface area contributed by atoms with Crippen LogP contribution >= 0.6 is 0 Å². The molecule has 0 amide bonds. The van der Waals surface area contributed by atoms with Crippen molar-refractivity contribution in [3.8, 4) is 0 Å². The molecule has 0 bridgehead atoms. The van der Waals surface area contributed by atoms with Crippen LogP contribution in [0.15, 0.2) is 41.4 Å². The SMILES string of the molecule is C=C(/C(C=NC)=C/C)c1cc(C)ccc1N(C)C1CCCCO1.CCCC.CCCOCCC. The van der Waals surface area contributed by atoms with Crippen molar-refractivity contribution in [3.05, 3.63) is 47.6 Å². The quantitative estimate of drug-likeness (QED) is 0.195. The Balaban J connectivity index is 0.000000826. The first-order chi connectivity index (χ1) is 16.4. The van der Waals surface area contributed by atoms with Crippen LogP contribution in [0, 0.1) is 6.92 Å². The van der Waals surface area contributed by atoms with E-state index in [4.69, 9.17) is 9.47 Å². The number of aryl methyl sites for hydroxylation is 1. The summed E-state index contributed by atoms with van der Waals surface area (Å²) in [5.74, 6) is 0. The number of aliphatic imine (C=N–C) groups is 1. The zero-order chi connectivity index (χ0) is 25.8. The molecule has 1 aliphatic heterocycles. The number of benzene rings is 1. The molecule has 0 radical (unpaired) electrons. The van der Waals surface area contributed by atoms with E-state index in [-0.39, 0.29) is 6.23 Å². The first-order valence-electron chi connectivity index (χ1n) is 13.2. The number of allylic oxidation sites excluding steroid dienone is 3. The Bertz CT molecular complexity index is 713. The van der Waals surface area contributed by atoms with Crippen molar-refractivity contribution in [1.82, 2.24) is 0 Å². The second-order valence-electron chi connectivity index (χ2n) is 8.67. The lowest BCUT2D eigenvalue weighted by molar-refractivity contribution is 0.0174. The smallest absolute Gasteiger partial charge is 0.129 e. The van der Waals surface area contributed by atoms with E-state index in [0.29, 0.717) is 0 Å². The molecule has 1 aliphatic rings. The van der Waals surface area contributed by atoms with Crippen LogP contribution in [0.1, 0.15) is 90.7 Å². The standard InChI is InChI=1S/C20H28N2O.C6H14O.C4H10/c1-6-17(14-21-4)16(3)18-13-15(2)10-11-19(18)22(5)20-9-7-8-12-23-20;1-3-5-7-6-4-2;1-3-4-2/h6,10-11,13-14,20H,3,7-9,12H2,1-2,4-5H3;3-6H2,1-2H3;3-4H2,1-2H3/b17-6+,21-14?;;. The predicted octanol–water partition coefficient (Wildman–Crippen LogP) is 8.25. The van der Waals surface area contributed by atoms with Gasteiger partial charge in [0.2, 0.25) is 0 Å². The van der Waals surface area contributed by atoms with Crippen LogP contribution in [0.25, 0.3) is 5.57 Å². The van der Waals surface area contributed by atoms with Gasteiger partial charge in [-0.2, -0.15) is 0 Å². The highest BCUT2D eigenvalue weighted by Gasteiger charge is 2.22. The summed E-state index contributed by atoms with van der Waals surface area (Å²) in [6.07, 6.45) is 12.4. The normalized spacial score (nSPS) is 15.8. The van der Waals surface area contributed by atoms with Gasteiger partial charge in [0.25, 0.3) is 0 Å². The van der Waals surface area contributed by atoms with Crippen LogP contribution in [0.3, 0.4) is 0 Å². The molecule has 194 valence electrons. The molecule has 1 aromatic rings. The lowest BCUT2D eigenvalue weighted by Gasteiger charge is -2.34. The fraction of sp³-hybridized carbons (Fsp3) is 0.633. The summed E-state index contributed by atoms with van der Waals surface area (Å²) < 4.78 is 11.1. The fourth-order valence-corrected chi connectivity index (χ4v) is 3.40. The van der Waals surface area contributed by atoms with E-state index >= 15 is 0 Å². The molecule has 2 rings (SSSR count). The Hall–Kier alpha value is -1.91. The molecule has 1 heterocycles. The van der Waals surface area contributed by atoms with Gasteiger partial charge in [-0.1, -0.05) is 64.8 Å². The molecule has 1 unspecified atom stereocenters. The molecule has 1 fully saturated rings. The van der Waals surface area contributed by atoms with Gasteiger partial charge in [0.15, 0.2) is 0 Å². The minimum absolute atomic E-state index is 0.145. The monoisotopic (exact) mass is 472 g/mol. The number of unbranched alkanes of at least 4 members (excludes halogenated alkanes) is 1. The van der Waals surface area contributed by atoms with Crippen LogP contribution < -0.4 is 4.90 Å². The average Bonchev–Trinajstić information content (AvgIpc) is 2.87. The lowest BCUT2D eigenvalue weighted by Crippen LogP contribution is -2.37. The summed E-state index contributed by atoms with van der Waals surface area (Å²) in [5.41, 5.74) is 5.59. The van der Waals surface area contributed by atoms with Crippen molar-refractivity contribution >= 4 is 17.5 Å². The maximum absolute atomic E-state index is 5.95. The summed E-state index contributed by atoms with van der Waals surface area (Å²) in [5, 5.41) is 0. The van der Waals surface area contributed by atoms with Gasteiger partial charge in [0.05, 0.1) is 0 Å². The highest BCUT2D eigenvalue weighted by molar-refractivity contribution is 6.02.